The van der Waals surface area contributed by atoms with E-state index in [1.807, 2.05) is 0 Å². The second-order valence-electron chi connectivity index (χ2n) is 2.92. The lowest BCUT2D eigenvalue weighted by Gasteiger charge is -2.05. The molecule has 0 saturated heterocycles. The Kier molecular flexibility index (Phi) is 1.68. The van der Waals surface area contributed by atoms with E-state index >= 15 is 0 Å². The molecule has 0 bridgehead atoms. The van der Waals surface area contributed by atoms with Crippen molar-refractivity contribution in [2.45, 2.75) is 12.8 Å². The van der Waals surface area contributed by atoms with Crippen LogP contribution in [0.3, 0.4) is 0 Å². The van der Waals surface area contributed by atoms with Crippen LogP contribution in [0.25, 0.3) is 0 Å². The molecule has 0 amide bonds. The molecule has 1 unspecified atom stereocenters. The van der Waals surface area contributed by atoms with E-state index in [0.717, 1.165) is 0 Å². The van der Waals surface area contributed by atoms with Crippen LogP contribution in [0.5, 0.6) is 5.75 Å². The average molecular weight is 195 g/mol. The van der Waals surface area contributed by atoms with Crippen LogP contribution >= 0.6 is 0 Å². The minimum absolute atomic E-state index is 0.0597. The molecule has 0 radical (unpaired) electrons. The van der Waals surface area contributed by atoms with Crippen LogP contribution in [0.2, 0.25) is 0 Å². The number of hydrogen-bond donors (Lipinski definition) is 0. The van der Waals surface area contributed by atoms with Gasteiger partial charge in [0.05, 0.1) is 0 Å². The number of fused-ring (bicyclic) bond motifs is 1. The lowest BCUT2D eigenvalue weighted by Crippen LogP contribution is -2.00. The summed E-state index contributed by atoms with van der Waals surface area (Å²) in [6.07, 6.45) is -3.32. The van der Waals surface area contributed by atoms with Crippen molar-refractivity contribution in [1.82, 2.24) is 0 Å². The molecule has 14 heavy (non-hydrogen) atoms. The number of aryl methyl sites for hydroxylation is 1. The molecule has 2 rings (SSSR count). The highest BCUT2D eigenvalue weighted by atomic mass is 16.7. The second kappa shape index (κ2) is 3.80. The topological polar surface area (TPSA) is 35.5 Å². The number of hydrogen-bond acceptors (Lipinski definition) is 3. The summed E-state index contributed by atoms with van der Waals surface area (Å²) < 4.78 is 32.7. The Bertz CT molecular complexity index is 459. The quantitative estimate of drug-likeness (QED) is 0.690. The minimum Gasteiger partial charge on any atom is -0.468 e. The number of carbonyl (C=O) groups is 1. The fourth-order valence-corrected chi connectivity index (χ4v) is 1.30. The number of Topliss-reactive ketones (excluding diaryl/α,β-unsaturated/α-hetero) is 1. The summed E-state index contributed by atoms with van der Waals surface area (Å²) in [5.74, 6) is -0.223. The molecule has 0 heterocycles. The third-order valence-electron chi connectivity index (χ3n) is 1.97. The van der Waals surface area contributed by atoms with E-state index in [2.05, 4.69) is 0 Å². The highest BCUT2D eigenvalue weighted by Crippen LogP contribution is 2.25. The maximum absolute atomic E-state index is 11.8. The summed E-state index contributed by atoms with van der Waals surface area (Å²) in [5.41, 5.74) is 0.633. The molecule has 1 aromatic rings. The number of benzene rings is 1. The molecular formula is C11H12O3. The number of ketones is 1. The zero-order valence-corrected chi connectivity index (χ0v) is 7.74. The molecule has 1 atom stereocenters. The second-order valence-corrected chi connectivity index (χ2v) is 2.92. The first-order valence-corrected chi connectivity index (χ1v) is 4.21. The maximum atomic E-state index is 11.8. The van der Waals surface area contributed by atoms with Gasteiger partial charge >= 0.3 is 0 Å². The van der Waals surface area contributed by atoms with E-state index in [-0.39, 0.29) is 12.4 Å². The van der Waals surface area contributed by atoms with Gasteiger partial charge in [0, 0.05) is 23.2 Å². The molecule has 1 aliphatic carbocycles. The van der Waals surface area contributed by atoms with E-state index in [9.17, 15) is 4.79 Å². The standard InChI is InChI=1S/C11H12O3/c1-13-7-14-9-4-2-8-3-5-11(12)10(8)6-9/h2,4,6H,3,5,7H2,1H3/i3D,5D2. The zero-order valence-electron chi connectivity index (χ0n) is 10.7. The largest absolute Gasteiger partial charge is 0.468 e. The first-order valence-electron chi connectivity index (χ1n) is 5.79. The summed E-state index contributed by atoms with van der Waals surface area (Å²) in [6.45, 7) is 0.0597. The van der Waals surface area contributed by atoms with Gasteiger partial charge in [0.2, 0.25) is 0 Å². The summed E-state index contributed by atoms with van der Waals surface area (Å²) in [5, 5.41) is 0. The van der Waals surface area contributed by atoms with Gasteiger partial charge in [-0.15, -0.1) is 0 Å². The van der Waals surface area contributed by atoms with Gasteiger partial charge in [-0.2, -0.15) is 0 Å². The van der Waals surface area contributed by atoms with Gasteiger partial charge in [-0.3, -0.25) is 4.79 Å². The molecule has 0 spiro atoms. The van der Waals surface area contributed by atoms with Gasteiger partial charge in [-0.05, 0) is 24.1 Å². The zero-order chi connectivity index (χ0) is 12.6. The Balaban J connectivity index is 2.36. The molecular weight excluding hydrogens is 180 g/mol. The molecule has 3 nitrogen and oxygen atoms in total. The van der Waals surface area contributed by atoms with E-state index in [1.165, 1.54) is 13.2 Å². The van der Waals surface area contributed by atoms with Gasteiger partial charge in [-0.25, -0.2) is 0 Å². The van der Waals surface area contributed by atoms with Crippen molar-refractivity contribution in [3.63, 3.8) is 0 Å². The summed E-state index contributed by atoms with van der Waals surface area (Å²) in [4.78, 5) is 11.8. The molecule has 0 aromatic heterocycles. The Labute approximate surface area is 86.9 Å². The minimum atomic E-state index is -2.15. The van der Waals surface area contributed by atoms with Crippen molar-refractivity contribution in [2.75, 3.05) is 13.9 Å². The highest BCUT2D eigenvalue weighted by Gasteiger charge is 2.19. The third-order valence-corrected chi connectivity index (χ3v) is 1.97. The van der Waals surface area contributed by atoms with Gasteiger partial charge < -0.3 is 9.47 Å². The lowest BCUT2D eigenvalue weighted by molar-refractivity contribution is 0.0510. The normalized spacial score (nSPS) is 26.2. The van der Waals surface area contributed by atoms with Crippen LogP contribution in [-0.4, -0.2) is 19.7 Å². The van der Waals surface area contributed by atoms with Crippen LogP contribution in [-0.2, 0) is 11.1 Å². The molecule has 1 aliphatic rings. The average Bonchev–Trinajstić information content (AvgIpc) is 2.49. The number of ether oxygens (including phenoxy) is 2. The molecule has 0 fully saturated rings. The SMILES string of the molecule is [2H]C1c2ccc(OCOC)cc2C(=O)C1([2H])[2H]. The number of carbonyl (C=O) groups excluding carboxylic acids is 1. The van der Waals surface area contributed by atoms with E-state index < -0.39 is 18.6 Å². The molecule has 3 heteroatoms. The van der Waals surface area contributed by atoms with Crippen LogP contribution in [0, 0.1) is 0 Å². The molecule has 0 aliphatic heterocycles. The maximum Gasteiger partial charge on any atom is 0.188 e. The number of methoxy groups -OCH3 is 1. The summed E-state index contributed by atoms with van der Waals surface area (Å²) >= 11 is 0. The Morgan fingerprint density at radius 2 is 2.43 bits per heavy atom. The van der Waals surface area contributed by atoms with E-state index in [1.54, 1.807) is 12.1 Å². The van der Waals surface area contributed by atoms with Crippen LogP contribution < -0.4 is 4.74 Å². The first kappa shape index (κ1) is 6.19. The van der Waals surface area contributed by atoms with Crippen molar-refractivity contribution < 1.29 is 18.4 Å². The Morgan fingerprint density at radius 3 is 3.21 bits per heavy atom. The molecule has 0 saturated carbocycles. The monoisotopic (exact) mass is 195 g/mol. The summed E-state index contributed by atoms with van der Waals surface area (Å²) in [6, 6.07) is 4.62. The van der Waals surface area contributed by atoms with E-state index in [0.29, 0.717) is 11.3 Å². The van der Waals surface area contributed by atoms with Crippen molar-refractivity contribution >= 4 is 5.78 Å². The van der Waals surface area contributed by atoms with E-state index in [4.69, 9.17) is 13.6 Å². The van der Waals surface area contributed by atoms with Crippen molar-refractivity contribution in [3.8, 4) is 5.75 Å². The smallest absolute Gasteiger partial charge is 0.188 e. The Morgan fingerprint density at radius 1 is 1.57 bits per heavy atom. The fraction of sp³-hybridized carbons (Fsp3) is 0.364. The molecule has 0 N–H and O–H groups in total. The van der Waals surface area contributed by atoms with Crippen LogP contribution in [0.4, 0.5) is 0 Å². The van der Waals surface area contributed by atoms with Gasteiger partial charge in [0.1, 0.15) is 5.75 Å². The summed E-state index contributed by atoms with van der Waals surface area (Å²) in [7, 11) is 1.48. The highest BCUT2D eigenvalue weighted by molar-refractivity contribution is 6.00. The van der Waals surface area contributed by atoms with Crippen LogP contribution in [0.15, 0.2) is 18.2 Å². The molecule has 74 valence electrons. The van der Waals surface area contributed by atoms with Gasteiger partial charge in [0.25, 0.3) is 0 Å². The number of rotatable bonds is 3. The lowest BCUT2D eigenvalue weighted by atomic mass is 10.1. The van der Waals surface area contributed by atoms with Crippen molar-refractivity contribution in [2.24, 2.45) is 0 Å². The van der Waals surface area contributed by atoms with Crippen molar-refractivity contribution in [1.29, 1.82) is 0 Å². The fourth-order valence-electron chi connectivity index (χ4n) is 1.30. The molecule has 1 aromatic carbocycles. The van der Waals surface area contributed by atoms with Gasteiger partial charge in [0.15, 0.2) is 12.6 Å². The predicted molar refractivity (Wildman–Crippen MR) is 51.6 cm³/mol. The Hall–Kier alpha value is -1.35. The predicted octanol–water partition coefficient (Wildman–Crippen LogP) is 1.80. The first-order chi connectivity index (χ1) is 7.98. The van der Waals surface area contributed by atoms with Crippen molar-refractivity contribution in [3.05, 3.63) is 29.3 Å². The van der Waals surface area contributed by atoms with Gasteiger partial charge in [-0.1, -0.05) is 6.07 Å². The third kappa shape index (κ3) is 1.63. The van der Waals surface area contributed by atoms with Crippen LogP contribution in [0.1, 0.15) is 26.4 Å².